The van der Waals surface area contributed by atoms with Gasteiger partial charge in [0.2, 0.25) is 0 Å². The molecule has 0 aliphatic carbocycles. The zero-order valence-corrected chi connectivity index (χ0v) is 9.00. The van der Waals surface area contributed by atoms with Crippen LogP contribution in [0.1, 0.15) is 26.2 Å². The molecular formula is C8H14O5S. The summed E-state index contributed by atoms with van der Waals surface area (Å²) in [4.78, 5) is 10.2. The van der Waals surface area contributed by atoms with Crippen LogP contribution < -0.4 is 0 Å². The number of rotatable bonds is 5. The molecule has 5 nitrogen and oxygen atoms in total. The second-order valence-electron chi connectivity index (χ2n) is 2.68. The number of methoxy groups -OCH3 is 1. The second kappa shape index (κ2) is 5.77. The fraction of sp³-hybridized carbons (Fsp3) is 0.625. The van der Waals surface area contributed by atoms with Crippen LogP contribution in [-0.2, 0) is 19.6 Å². The maximum atomic E-state index is 10.9. The van der Waals surface area contributed by atoms with E-state index in [-0.39, 0.29) is 0 Å². The van der Waals surface area contributed by atoms with Crippen molar-refractivity contribution in [3.05, 3.63) is 11.0 Å². The highest BCUT2D eigenvalue weighted by atomic mass is 32.2. The first kappa shape index (κ1) is 13.1. The van der Waals surface area contributed by atoms with Crippen molar-refractivity contribution in [3.63, 3.8) is 0 Å². The summed E-state index contributed by atoms with van der Waals surface area (Å²) in [5.74, 6) is -1.04. The molecule has 0 aromatic carbocycles. The molecule has 0 bridgehead atoms. The number of unbranched alkanes of at least 4 members (excludes halogenated alkanes) is 2. The van der Waals surface area contributed by atoms with Gasteiger partial charge in [0.15, 0.2) is 4.91 Å². The van der Waals surface area contributed by atoms with Crippen LogP contribution in [0.5, 0.6) is 0 Å². The highest BCUT2D eigenvalue weighted by molar-refractivity contribution is 7.90. The minimum atomic E-state index is -4.47. The van der Waals surface area contributed by atoms with Crippen LogP contribution in [0.4, 0.5) is 0 Å². The van der Waals surface area contributed by atoms with Crippen molar-refractivity contribution < 1.29 is 22.5 Å². The first-order valence-corrected chi connectivity index (χ1v) is 5.63. The van der Waals surface area contributed by atoms with E-state index in [1.54, 1.807) is 0 Å². The Balaban J connectivity index is 4.74. The molecule has 0 aromatic rings. The van der Waals surface area contributed by atoms with E-state index in [1.807, 2.05) is 6.92 Å². The highest BCUT2D eigenvalue weighted by Gasteiger charge is 2.22. The van der Waals surface area contributed by atoms with Gasteiger partial charge in [-0.3, -0.25) is 4.55 Å². The molecule has 82 valence electrons. The van der Waals surface area contributed by atoms with Gasteiger partial charge in [-0.25, -0.2) is 4.79 Å². The lowest BCUT2D eigenvalue weighted by Gasteiger charge is -2.01. The average molecular weight is 222 g/mol. The number of hydrogen-bond donors (Lipinski definition) is 1. The quantitative estimate of drug-likeness (QED) is 0.326. The molecule has 0 unspecified atom stereocenters. The predicted molar refractivity (Wildman–Crippen MR) is 51.2 cm³/mol. The van der Waals surface area contributed by atoms with Crippen molar-refractivity contribution in [2.45, 2.75) is 26.2 Å². The monoisotopic (exact) mass is 222 g/mol. The number of allylic oxidation sites excluding steroid dienone is 1. The Kier molecular flexibility index (Phi) is 5.40. The average Bonchev–Trinajstić information content (AvgIpc) is 2.09. The minimum Gasteiger partial charge on any atom is -0.465 e. The summed E-state index contributed by atoms with van der Waals surface area (Å²) < 4.78 is 34.3. The van der Waals surface area contributed by atoms with Gasteiger partial charge in [-0.05, 0) is 6.42 Å². The van der Waals surface area contributed by atoms with Gasteiger partial charge in [0.05, 0.1) is 7.11 Å². The van der Waals surface area contributed by atoms with Gasteiger partial charge in [0.1, 0.15) is 0 Å². The summed E-state index contributed by atoms with van der Waals surface area (Å²) in [5, 5.41) is 0. The summed E-state index contributed by atoms with van der Waals surface area (Å²) >= 11 is 0. The predicted octanol–water partition coefficient (Wildman–Crippen LogP) is 1.12. The summed E-state index contributed by atoms with van der Waals surface area (Å²) in [6, 6.07) is 0. The van der Waals surface area contributed by atoms with Gasteiger partial charge in [0.25, 0.3) is 0 Å². The third kappa shape index (κ3) is 4.38. The van der Waals surface area contributed by atoms with E-state index >= 15 is 0 Å². The number of carbonyl (C=O) groups is 1. The largest absolute Gasteiger partial charge is 0.465 e. The van der Waals surface area contributed by atoms with E-state index in [0.29, 0.717) is 6.42 Å². The molecule has 0 spiro atoms. The Morgan fingerprint density at radius 3 is 2.43 bits per heavy atom. The van der Waals surface area contributed by atoms with Crippen molar-refractivity contribution in [2.75, 3.05) is 7.11 Å². The van der Waals surface area contributed by atoms with E-state index in [0.717, 1.165) is 20.0 Å². The van der Waals surface area contributed by atoms with Crippen molar-refractivity contribution >= 4 is 16.1 Å². The Bertz CT molecular complexity index is 315. The van der Waals surface area contributed by atoms with Crippen LogP contribution >= 0.6 is 0 Å². The lowest BCUT2D eigenvalue weighted by atomic mass is 10.2. The molecule has 0 heterocycles. The van der Waals surface area contributed by atoms with Gasteiger partial charge in [-0.2, -0.15) is 8.42 Å². The molecule has 0 aliphatic heterocycles. The number of esters is 1. The fourth-order valence-electron chi connectivity index (χ4n) is 0.832. The third-order valence-electron chi connectivity index (χ3n) is 1.55. The molecule has 0 rings (SSSR count). The smallest absolute Gasteiger partial charge is 0.351 e. The lowest BCUT2D eigenvalue weighted by molar-refractivity contribution is -0.135. The molecule has 0 atom stereocenters. The van der Waals surface area contributed by atoms with E-state index in [1.165, 1.54) is 6.08 Å². The van der Waals surface area contributed by atoms with Gasteiger partial charge in [0, 0.05) is 0 Å². The van der Waals surface area contributed by atoms with Crippen LogP contribution in [-0.4, -0.2) is 26.0 Å². The fourth-order valence-corrected chi connectivity index (χ4v) is 1.45. The highest BCUT2D eigenvalue weighted by Crippen LogP contribution is 2.09. The SMILES string of the molecule is CCCCC=C(C(=O)OC)S(=O)(=O)O. The zero-order chi connectivity index (χ0) is 11.2. The first-order chi connectivity index (χ1) is 6.43. The summed E-state index contributed by atoms with van der Waals surface area (Å²) in [6.07, 6.45) is 3.21. The van der Waals surface area contributed by atoms with E-state index in [2.05, 4.69) is 4.74 Å². The first-order valence-electron chi connectivity index (χ1n) is 4.19. The lowest BCUT2D eigenvalue weighted by Crippen LogP contribution is -2.14. The van der Waals surface area contributed by atoms with Crippen molar-refractivity contribution in [3.8, 4) is 0 Å². The Hall–Kier alpha value is -0.880. The van der Waals surface area contributed by atoms with E-state index in [9.17, 15) is 13.2 Å². The van der Waals surface area contributed by atoms with Gasteiger partial charge >= 0.3 is 16.1 Å². The topological polar surface area (TPSA) is 80.7 Å². The summed E-state index contributed by atoms with van der Waals surface area (Å²) in [5.41, 5.74) is 0. The van der Waals surface area contributed by atoms with Crippen molar-refractivity contribution in [1.82, 2.24) is 0 Å². The second-order valence-corrected chi connectivity index (χ2v) is 4.07. The maximum Gasteiger partial charge on any atom is 0.351 e. The van der Waals surface area contributed by atoms with Crippen molar-refractivity contribution in [2.24, 2.45) is 0 Å². The Morgan fingerprint density at radius 2 is 2.07 bits per heavy atom. The van der Waals surface area contributed by atoms with Crippen LogP contribution in [0.2, 0.25) is 0 Å². The van der Waals surface area contributed by atoms with Gasteiger partial charge in [-0.1, -0.05) is 25.8 Å². The van der Waals surface area contributed by atoms with Gasteiger partial charge < -0.3 is 4.74 Å². The molecule has 0 saturated heterocycles. The number of hydrogen-bond acceptors (Lipinski definition) is 4. The Labute approximate surface area is 83.5 Å². The molecule has 0 aliphatic rings. The summed E-state index contributed by atoms with van der Waals surface area (Å²) in [6.45, 7) is 1.93. The molecule has 1 N–H and O–H groups in total. The molecule has 14 heavy (non-hydrogen) atoms. The zero-order valence-electron chi connectivity index (χ0n) is 8.19. The maximum absolute atomic E-state index is 10.9. The molecule has 0 amide bonds. The molecular weight excluding hydrogens is 208 g/mol. The van der Waals surface area contributed by atoms with E-state index < -0.39 is 21.0 Å². The van der Waals surface area contributed by atoms with Crippen LogP contribution in [0.25, 0.3) is 0 Å². The van der Waals surface area contributed by atoms with Crippen molar-refractivity contribution in [1.29, 1.82) is 0 Å². The van der Waals surface area contributed by atoms with Crippen LogP contribution in [0, 0.1) is 0 Å². The van der Waals surface area contributed by atoms with E-state index in [4.69, 9.17) is 4.55 Å². The number of carbonyl (C=O) groups excluding carboxylic acids is 1. The minimum absolute atomic E-state index is 0.417. The van der Waals surface area contributed by atoms with Crippen LogP contribution in [0.3, 0.4) is 0 Å². The molecule has 6 heteroatoms. The standard InChI is InChI=1S/C8H14O5S/c1-3-4-5-6-7(8(9)13-2)14(10,11)12/h6H,3-5H2,1-2H3,(H,10,11,12). The summed E-state index contributed by atoms with van der Waals surface area (Å²) in [7, 11) is -3.41. The third-order valence-corrected chi connectivity index (χ3v) is 2.44. The molecule has 0 fully saturated rings. The van der Waals surface area contributed by atoms with Gasteiger partial charge in [-0.15, -0.1) is 0 Å². The normalized spacial score (nSPS) is 12.6. The molecule has 0 radical (unpaired) electrons. The molecule has 0 aromatic heterocycles. The van der Waals surface area contributed by atoms with Crippen LogP contribution in [0.15, 0.2) is 11.0 Å². The number of ether oxygens (including phenoxy) is 1. The Morgan fingerprint density at radius 1 is 1.50 bits per heavy atom. The molecule has 0 saturated carbocycles.